The second-order valence-electron chi connectivity index (χ2n) is 7.75. The fourth-order valence-electron chi connectivity index (χ4n) is 4.18. The minimum atomic E-state index is -0.432. The summed E-state index contributed by atoms with van der Waals surface area (Å²) in [5, 5.41) is 4.94. The van der Waals surface area contributed by atoms with Crippen molar-refractivity contribution in [3.8, 4) is 11.5 Å². The average molecular weight is 450 g/mol. The van der Waals surface area contributed by atoms with Crippen LogP contribution in [0.1, 0.15) is 5.56 Å². The minimum absolute atomic E-state index is 0.188. The summed E-state index contributed by atoms with van der Waals surface area (Å²) in [5.41, 5.74) is 2.23. The molecule has 1 heterocycles. The van der Waals surface area contributed by atoms with E-state index in [2.05, 4.69) is 5.32 Å². The van der Waals surface area contributed by atoms with E-state index in [4.69, 9.17) is 9.47 Å². The van der Waals surface area contributed by atoms with Crippen LogP contribution >= 0.6 is 0 Å². The maximum absolute atomic E-state index is 13.8. The Morgan fingerprint density at radius 1 is 0.735 bits per heavy atom. The molecule has 6 heteroatoms. The minimum Gasteiger partial charge on any atom is -0.497 e. The number of hydrogen-bond acceptors (Lipinski definition) is 5. The van der Waals surface area contributed by atoms with Gasteiger partial charge in [-0.3, -0.25) is 9.59 Å². The molecule has 0 spiro atoms. The molecule has 0 saturated heterocycles. The highest BCUT2D eigenvalue weighted by Gasteiger charge is 2.41. The van der Waals surface area contributed by atoms with E-state index in [1.165, 1.54) is 12.0 Å². The number of nitrogens with zero attached hydrogens (tertiary/aromatic N) is 1. The molecule has 5 rings (SSSR count). The Bertz CT molecular complexity index is 1440. The van der Waals surface area contributed by atoms with E-state index in [-0.39, 0.29) is 11.6 Å². The number of imide groups is 1. The van der Waals surface area contributed by atoms with Crippen molar-refractivity contribution in [2.75, 3.05) is 24.4 Å². The molecule has 4 aromatic rings. The molecule has 1 N–H and O–H groups in total. The highest BCUT2D eigenvalue weighted by Crippen LogP contribution is 2.38. The SMILES string of the molecule is COc1ccc(NC2=C(c3ccccc3)C(=O)N(c3cccc4ccccc34)C2=O)c(OC)c1. The molecule has 0 unspecified atom stereocenters. The maximum Gasteiger partial charge on any atom is 0.282 e. The van der Waals surface area contributed by atoms with Crippen molar-refractivity contribution in [2.45, 2.75) is 0 Å². The van der Waals surface area contributed by atoms with Gasteiger partial charge in [0.15, 0.2) is 0 Å². The lowest BCUT2D eigenvalue weighted by Crippen LogP contribution is -2.32. The number of rotatable bonds is 6. The normalized spacial score (nSPS) is 13.5. The third-order valence-electron chi connectivity index (χ3n) is 5.82. The van der Waals surface area contributed by atoms with E-state index in [1.54, 1.807) is 31.4 Å². The molecule has 0 saturated carbocycles. The third-order valence-corrected chi connectivity index (χ3v) is 5.82. The van der Waals surface area contributed by atoms with Crippen molar-refractivity contribution in [3.63, 3.8) is 0 Å². The second-order valence-corrected chi connectivity index (χ2v) is 7.75. The number of carbonyl (C=O) groups excluding carboxylic acids is 2. The molecular formula is C28H22N2O4. The maximum atomic E-state index is 13.8. The first-order chi connectivity index (χ1) is 16.6. The van der Waals surface area contributed by atoms with Gasteiger partial charge >= 0.3 is 0 Å². The predicted molar refractivity (Wildman–Crippen MR) is 133 cm³/mol. The Balaban J connectivity index is 1.65. The van der Waals surface area contributed by atoms with Crippen LogP contribution in [0.5, 0.6) is 11.5 Å². The van der Waals surface area contributed by atoms with Gasteiger partial charge in [0, 0.05) is 11.5 Å². The molecule has 0 aliphatic carbocycles. The third kappa shape index (κ3) is 3.55. The summed E-state index contributed by atoms with van der Waals surface area (Å²) in [6.45, 7) is 0. The molecule has 0 radical (unpaired) electrons. The first-order valence-corrected chi connectivity index (χ1v) is 10.8. The second kappa shape index (κ2) is 8.75. The molecule has 0 atom stereocenters. The lowest BCUT2D eigenvalue weighted by Gasteiger charge is -2.18. The van der Waals surface area contributed by atoms with Crippen molar-refractivity contribution in [1.29, 1.82) is 0 Å². The number of nitrogens with one attached hydrogen (secondary N) is 1. The van der Waals surface area contributed by atoms with Crippen LogP contribution in [-0.4, -0.2) is 26.0 Å². The van der Waals surface area contributed by atoms with Gasteiger partial charge in [0.05, 0.1) is 31.2 Å². The van der Waals surface area contributed by atoms with Crippen molar-refractivity contribution < 1.29 is 19.1 Å². The van der Waals surface area contributed by atoms with E-state index in [1.807, 2.05) is 66.7 Å². The van der Waals surface area contributed by atoms with Crippen LogP contribution in [0.2, 0.25) is 0 Å². The van der Waals surface area contributed by atoms with Crippen molar-refractivity contribution in [3.05, 3.63) is 102 Å². The first kappa shape index (κ1) is 21.3. The van der Waals surface area contributed by atoms with Crippen molar-refractivity contribution >= 4 is 39.5 Å². The molecule has 6 nitrogen and oxygen atoms in total. The van der Waals surface area contributed by atoms with Gasteiger partial charge in [0.2, 0.25) is 0 Å². The molecule has 1 aliphatic rings. The zero-order valence-corrected chi connectivity index (χ0v) is 18.7. The summed E-state index contributed by atoms with van der Waals surface area (Å²) in [6, 6.07) is 27.7. The largest absolute Gasteiger partial charge is 0.497 e. The number of benzene rings is 4. The molecule has 4 aromatic carbocycles. The van der Waals surface area contributed by atoms with Crippen LogP contribution in [0, 0.1) is 0 Å². The molecule has 1 aliphatic heterocycles. The fraction of sp³-hybridized carbons (Fsp3) is 0.0714. The molecular weight excluding hydrogens is 428 g/mol. The number of anilines is 2. The van der Waals surface area contributed by atoms with E-state index in [0.29, 0.717) is 34.0 Å². The highest BCUT2D eigenvalue weighted by molar-refractivity contribution is 6.47. The lowest BCUT2D eigenvalue weighted by atomic mass is 10.0. The molecule has 168 valence electrons. The van der Waals surface area contributed by atoms with Gasteiger partial charge in [-0.2, -0.15) is 0 Å². The zero-order valence-electron chi connectivity index (χ0n) is 18.7. The number of hydrogen-bond donors (Lipinski definition) is 1. The Morgan fingerprint density at radius 2 is 1.47 bits per heavy atom. The van der Waals surface area contributed by atoms with Gasteiger partial charge in [-0.1, -0.05) is 66.7 Å². The van der Waals surface area contributed by atoms with Crippen LogP contribution in [0.3, 0.4) is 0 Å². The van der Waals surface area contributed by atoms with Gasteiger partial charge in [-0.05, 0) is 29.1 Å². The summed E-state index contributed by atoms with van der Waals surface area (Å²) >= 11 is 0. The van der Waals surface area contributed by atoms with Crippen LogP contribution in [-0.2, 0) is 9.59 Å². The van der Waals surface area contributed by atoms with Crippen molar-refractivity contribution in [2.24, 2.45) is 0 Å². The highest BCUT2D eigenvalue weighted by atomic mass is 16.5. The van der Waals surface area contributed by atoms with Gasteiger partial charge < -0.3 is 14.8 Å². The van der Waals surface area contributed by atoms with Crippen LogP contribution in [0.4, 0.5) is 11.4 Å². The van der Waals surface area contributed by atoms with E-state index < -0.39 is 5.91 Å². The summed E-state index contributed by atoms with van der Waals surface area (Å²) in [7, 11) is 3.11. The Hall–Kier alpha value is -4.58. The Morgan fingerprint density at radius 3 is 2.24 bits per heavy atom. The quantitative estimate of drug-likeness (QED) is 0.406. The number of carbonyl (C=O) groups is 2. The number of fused-ring (bicyclic) bond motifs is 1. The number of ether oxygens (including phenoxy) is 2. The van der Waals surface area contributed by atoms with Gasteiger partial charge in [0.25, 0.3) is 11.8 Å². The predicted octanol–water partition coefficient (Wildman–Crippen LogP) is 5.25. The van der Waals surface area contributed by atoms with E-state index >= 15 is 0 Å². The van der Waals surface area contributed by atoms with E-state index in [9.17, 15) is 9.59 Å². The molecule has 2 amide bonds. The summed E-state index contributed by atoms with van der Waals surface area (Å²) in [6.07, 6.45) is 0. The van der Waals surface area contributed by atoms with Crippen LogP contribution in [0.25, 0.3) is 16.3 Å². The summed E-state index contributed by atoms with van der Waals surface area (Å²) in [5.74, 6) is 0.287. The number of amides is 2. The topological polar surface area (TPSA) is 67.9 Å². The van der Waals surface area contributed by atoms with Gasteiger partial charge in [0.1, 0.15) is 17.2 Å². The van der Waals surface area contributed by atoms with Gasteiger partial charge in [-0.25, -0.2) is 4.90 Å². The lowest BCUT2D eigenvalue weighted by molar-refractivity contribution is -0.120. The molecule has 34 heavy (non-hydrogen) atoms. The summed E-state index contributed by atoms with van der Waals surface area (Å²) in [4.78, 5) is 28.8. The van der Waals surface area contributed by atoms with Crippen molar-refractivity contribution in [1.82, 2.24) is 0 Å². The Labute approximate surface area is 197 Å². The number of methoxy groups -OCH3 is 2. The Kier molecular flexibility index (Phi) is 5.47. The van der Waals surface area contributed by atoms with Crippen LogP contribution < -0.4 is 19.7 Å². The molecule has 0 fully saturated rings. The first-order valence-electron chi connectivity index (χ1n) is 10.8. The monoisotopic (exact) mass is 450 g/mol. The van der Waals surface area contributed by atoms with E-state index in [0.717, 1.165) is 10.8 Å². The fourth-order valence-corrected chi connectivity index (χ4v) is 4.18. The van der Waals surface area contributed by atoms with Crippen LogP contribution in [0.15, 0.2) is 96.7 Å². The molecule has 0 aromatic heterocycles. The average Bonchev–Trinajstić information content (AvgIpc) is 3.13. The standard InChI is InChI=1S/C28H22N2O4/c1-33-20-15-16-22(24(17-20)34-2)29-26-25(19-10-4-3-5-11-19)27(31)30(28(26)32)23-14-8-12-18-9-6-7-13-21(18)23/h3-17,29H,1-2H3. The zero-order chi connectivity index (χ0) is 23.7. The van der Waals surface area contributed by atoms with Gasteiger partial charge in [-0.15, -0.1) is 0 Å². The molecule has 0 bridgehead atoms. The smallest absolute Gasteiger partial charge is 0.282 e. The summed E-state index contributed by atoms with van der Waals surface area (Å²) < 4.78 is 10.8.